The van der Waals surface area contributed by atoms with Crippen molar-refractivity contribution in [2.75, 3.05) is 13.2 Å². The minimum Gasteiger partial charge on any atom is -0.481 e. The van der Waals surface area contributed by atoms with Gasteiger partial charge in [-0.2, -0.15) is 0 Å². The number of carboxylic acid groups (broad SMARTS) is 4. The maximum atomic E-state index is 13.7. The van der Waals surface area contributed by atoms with E-state index in [-0.39, 0.29) is 37.9 Å². The van der Waals surface area contributed by atoms with Gasteiger partial charge in [0.05, 0.1) is 37.2 Å². The van der Waals surface area contributed by atoms with Gasteiger partial charge in [-0.05, 0) is 32.6 Å². The van der Waals surface area contributed by atoms with E-state index in [1.807, 2.05) is 5.32 Å². The number of aliphatic hydroxyl groups excluding tert-OH is 2. The number of carboxylic acids is 4. The van der Waals surface area contributed by atoms with Gasteiger partial charge in [-0.25, -0.2) is 9.78 Å². The summed E-state index contributed by atoms with van der Waals surface area (Å²) in [5.74, 6) is -12.2. The Hall–Kier alpha value is -6.21. The van der Waals surface area contributed by atoms with Crippen LogP contribution < -0.4 is 32.3 Å². The predicted molar refractivity (Wildman–Crippen MR) is 187 cm³/mol. The zero-order chi connectivity index (χ0) is 43.0. The molecule has 0 bridgehead atoms. The van der Waals surface area contributed by atoms with Gasteiger partial charge in [-0.1, -0.05) is 0 Å². The van der Waals surface area contributed by atoms with Crippen LogP contribution in [-0.4, -0.2) is 166 Å². The minimum absolute atomic E-state index is 0.00763. The van der Waals surface area contributed by atoms with Crippen molar-refractivity contribution in [2.45, 2.75) is 107 Å². The Bertz CT molecular complexity index is 1640. The molecule has 25 nitrogen and oxygen atoms in total. The average molecular weight is 814 g/mol. The van der Waals surface area contributed by atoms with Crippen molar-refractivity contribution >= 4 is 59.3 Å². The number of nitrogens with zero attached hydrogens (tertiary/aromatic N) is 2. The number of H-pyrrole nitrogens is 1. The first kappa shape index (κ1) is 46.9. The summed E-state index contributed by atoms with van der Waals surface area (Å²) in [5, 5.41) is 67.9. The summed E-state index contributed by atoms with van der Waals surface area (Å²) in [6, 6.07) is -11.3. The number of hydrogen-bond donors (Lipinski definition) is 13. The molecule has 1 aromatic rings. The first-order valence-corrected chi connectivity index (χ1v) is 17.5. The molecule has 6 amide bonds. The van der Waals surface area contributed by atoms with E-state index < -0.39 is 140 Å². The van der Waals surface area contributed by atoms with Crippen LogP contribution in [0.4, 0.5) is 0 Å². The van der Waals surface area contributed by atoms with E-state index in [1.54, 1.807) is 0 Å². The lowest BCUT2D eigenvalue weighted by Crippen LogP contribution is -2.61. The molecule has 316 valence electrons. The number of hydrogen-bond acceptors (Lipinski definition) is 14. The fraction of sp³-hybridized carbons (Fsp3) is 0.594. The molecule has 1 fully saturated rings. The highest BCUT2D eigenvalue weighted by Crippen LogP contribution is 2.20. The molecule has 8 atom stereocenters. The third kappa shape index (κ3) is 15.1. The lowest BCUT2D eigenvalue weighted by atomic mass is 10.1. The van der Waals surface area contributed by atoms with Gasteiger partial charge in [0, 0.05) is 32.0 Å². The van der Waals surface area contributed by atoms with E-state index >= 15 is 0 Å². The number of carbonyl (C=O) groups excluding carboxylic acids is 6. The number of aromatic amines is 1. The monoisotopic (exact) mass is 813 g/mol. The highest BCUT2D eigenvalue weighted by molar-refractivity contribution is 5.98. The van der Waals surface area contributed by atoms with Crippen molar-refractivity contribution in [2.24, 2.45) is 5.73 Å². The highest BCUT2D eigenvalue weighted by atomic mass is 16.4. The Morgan fingerprint density at radius 2 is 1.39 bits per heavy atom. The topological polar surface area (TPSA) is 410 Å². The normalized spacial score (nSPS) is 17.3. The van der Waals surface area contributed by atoms with Crippen molar-refractivity contribution in [3.05, 3.63) is 18.2 Å². The second-order valence-electron chi connectivity index (χ2n) is 13.0. The number of likely N-dealkylation sites (tertiary alicyclic amines) is 1. The van der Waals surface area contributed by atoms with Crippen LogP contribution in [0.15, 0.2) is 12.5 Å². The Morgan fingerprint density at radius 1 is 0.807 bits per heavy atom. The van der Waals surface area contributed by atoms with Gasteiger partial charge >= 0.3 is 23.9 Å². The van der Waals surface area contributed by atoms with Crippen LogP contribution in [0.1, 0.15) is 57.6 Å². The second kappa shape index (κ2) is 22.4. The maximum absolute atomic E-state index is 13.7. The van der Waals surface area contributed by atoms with Crippen LogP contribution in [0.2, 0.25) is 0 Å². The van der Waals surface area contributed by atoms with Gasteiger partial charge in [0.15, 0.2) is 0 Å². The lowest BCUT2D eigenvalue weighted by molar-refractivity contribution is -0.147. The molecule has 0 aromatic carbocycles. The number of rotatable bonds is 24. The predicted octanol–water partition coefficient (Wildman–Crippen LogP) is -5.64. The van der Waals surface area contributed by atoms with E-state index in [2.05, 4.69) is 31.2 Å². The van der Waals surface area contributed by atoms with Crippen LogP contribution in [-0.2, 0) is 54.4 Å². The van der Waals surface area contributed by atoms with Gasteiger partial charge in [0.1, 0.15) is 36.3 Å². The molecule has 0 saturated carbocycles. The van der Waals surface area contributed by atoms with Gasteiger partial charge in [-0.15, -0.1) is 0 Å². The summed E-state index contributed by atoms with van der Waals surface area (Å²) in [5.41, 5.74) is 5.91. The van der Waals surface area contributed by atoms with E-state index in [0.717, 1.165) is 11.8 Å². The van der Waals surface area contributed by atoms with E-state index in [4.69, 9.17) is 21.1 Å². The molecule has 2 rings (SSSR count). The first-order valence-electron chi connectivity index (χ1n) is 17.5. The van der Waals surface area contributed by atoms with Gasteiger partial charge in [0.2, 0.25) is 35.4 Å². The molecule has 14 N–H and O–H groups in total. The summed E-state index contributed by atoms with van der Waals surface area (Å²) in [7, 11) is 0. The fourth-order valence-electron chi connectivity index (χ4n) is 5.55. The molecule has 0 spiro atoms. The zero-order valence-corrected chi connectivity index (χ0v) is 30.6. The SMILES string of the molecule is C[C@@H](O)[C@H](NC(=O)[C@H](CCC(=O)O)NC(=O)[C@@H](N)CCC(=O)O)C(=O)N1CCC[C@H]1C(=O)N[C@@H](CO)C(=O)N[C@@H](Cc1c[nH]cn1)C(=O)N[C@@H](CC(=O)O)C(=O)O. The minimum atomic E-state index is -1.88. The molecular weight excluding hydrogens is 766 g/mol. The smallest absolute Gasteiger partial charge is 0.326 e. The number of aliphatic carboxylic acids is 4. The quantitative estimate of drug-likeness (QED) is 0.0462. The van der Waals surface area contributed by atoms with E-state index in [9.17, 15) is 63.3 Å². The molecule has 0 radical (unpaired) electrons. The molecule has 25 heteroatoms. The van der Waals surface area contributed by atoms with Crippen molar-refractivity contribution in [3.63, 3.8) is 0 Å². The molecule has 2 heterocycles. The average Bonchev–Trinajstić information content (AvgIpc) is 3.85. The number of nitrogens with two attached hydrogens (primary N) is 1. The van der Waals surface area contributed by atoms with Crippen LogP contribution >= 0.6 is 0 Å². The van der Waals surface area contributed by atoms with E-state index in [0.29, 0.717) is 0 Å². The van der Waals surface area contributed by atoms with Gasteiger partial charge < -0.3 is 72.8 Å². The fourth-order valence-corrected chi connectivity index (χ4v) is 5.55. The van der Waals surface area contributed by atoms with Gasteiger partial charge in [-0.3, -0.25) is 43.2 Å². The third-order valence-corrected chi connectivity index (χ3v) is 8.58. The zero-order valence-electron chi connectivity index (χ0n) is 30.6. The van der Waals surface area contributed by atoms with Crippen LogP contribution in [0, 0.1) is 0 Å². The molecule has 1 aromatic heterocycles. The molecule has 0 aliphatic carbocycles. The molecule has 57 heavy (non-hydrogen) atoms. The second-order valence-corrected chi connectivity index (χ2v) is 13.0. The maximum Gasteiger partial charge on any atom is 0.326 e. The summed E-state index contributed by atoms with van der Waals surface area (Å²) < 4.78 is 0. The van der Waals surface area contributed by atoms with E-state index in [1.165, 1.54) is 12.5 Å². The summed E-state index contributed by atoms with van der Waals surface area (Å²) >= 11 is 0. The number of nitrogens with one attached hydrogen (secondary N) is 6. The Kier molecular flexibility index (Phi) is 18.4. The standard InChI is InChI=1S/C32H47N9O16/c1-14(43)25(40-27(51)17(5-7-23(46)47)36-26(50)16(33)4-6-22(44)45)31(55)41-8-2-3-21(41)30(54)39-20(12-42)29(53)37-18(9-15-11-34-13-35-15)28(52)38-19(32(56)57)10-24(48)49/h11,13-14,16-21,25,42-43H,2-10,12,33H2,1H3,(H,34,35)(H,36,50)(H,37,53)(H,38,52)(H,39,54)(H,40,51)(H,44,45)(H,46,47)(H,48,49)(H,56,57)/t14-,16+,17+,18+,19+,20+,21+,25+/m1/s1. The molecule has 1 aliphatic rings. The highest BCUT2D eigenvalue weighted by Gasteiger charge is 2.41. The summed E-state index contributed by atoms with van der Waals surface area (Å²) in [6.07, 6.45) is -2.07. The summed E-state index contributed by atoms with van der Waals surface area (Å²) in [4.78, 5) is 132. The number of aliphatic hydroxyl groups is 2. The molecular formula is C32H47N9O16. The van der Waals surface area contributed by atoms with Crippen LogP contribution in [0.5, 0.6) is 0 Å². The summed E-state index contributed by atoms with van der Waals surface area (Å²) in [6.45, 7) is 0.000801. The van der Waals surface area contributed by atoms with Crippen molar-refractivity contribution in [1.29, 1.82) is 0 Å². The Balaban J connectivity index is 2.21. The van der Waals surface area contributed by atoms with Crippen LogP contribution in [0.3, 0.4) is 0 Å². The number of carbonyl (C=O) groups is 10. The molecule has 0 unspecified atom stereocenters. The van der Waals surface area contributed by atoms with Crippen LogP contribution in [0.25, 0.3) is 0 Å². The molecule has 1 aliphatic heterocycles. The number of amides is 6. The van der Waals surface area contributed by atoms with Gasteiger partial charge in [0.25, 0.3) is 0 Å². The number of aromatic nitrogens is 2. The Morgan fingerprint density at radius 3 is 1.93 bits per heavy atom. The third-order valence-electron chi connectivity index (χ3n) is 8.58. The molecule has 1 saturated heterocycles. The van der Waals surface area contributed by atoms with Crippen molar-refractivity contribution in [3.8, 4) is 0 Å². The largest absolute Gasteiger partial charge is 0.481 e. The number of imidazole rings is 1. The Labute approximate surface area is 323 Å². The van der Waals surface area contributed by atoms with Crippen molar-refractivity contribution in [1.82, 2.24) is 41.5 Å². The van der Waals surface area contributed by atoms with Crippen molar-refractivity contribution < 1.29 is 78.6 Å². The lowest BCUT2D eigenvalue weighted by Gasteiger charge is -2.31. The first-order chi connectivity index (χ1) is 26.7.